The van der Waals surface area contributed by atoms with E-state index in [1.54, 1.807) is 0 Å². The van der Waals surface area contributed by atoms with Crippen molar-refractivity contribution in [1.29, 1.82) is 0 Å². The summed E-state index contributed by atoms with van der Waals surface area (Å²) in [4.78, 5) is 19.6. The van der Waals surface area contributed by atoms with Crippen molar-refractivity contribution in [2.45, 2.75) is 44.1 Å². The normalized spacial score (nSPS) is 15.6. The van der Waals surface area contributed by atoms with Crippen LogP contribution in [0.15, 0.2) is 59.8 Å². The molecule has 3 aromatic rings. The van der Waals surface area contributed by atoms with E-state index in [1.165, 1.54) is 17.3 Å². The van der Waals surface area contributed by atoms with Gasteiger partial charge in [-0.25, -0.2) is 4.98 Å². The number of hydrogen-bond donors (Lipinski definition) is 1. The zero-order valence-corrected chi connectivity index (χ0v) is 17.7. The van der Waals surface area contributed by atoms with E-state index in [0.717, 1.165) is 55.2 Å². The van der Waals surface area contributed by atoms with Gasteiger partial charge in [0.15, 0.2) is 5.16 Å². The fourth-order valence-corrected chi connectivity index (χ4v) is 4.84. The largest absolute Gasteiger partial charge is 0.353 e. The number of para-hydroxylation sites is 2. The Morgan fingerprint density at radius 3 is 2.59 bits per heavy atom. The number of aromatic nitrogens is 2. The Bertz CT molecular complexity index is 948. The molecule has 1 saturated heterocycles. The number of piperidine rings is 1. The number of hydrogen-bond acceptors (Lipinski definition) is 4. The third-order valence-corrected chi connectivity index (χ3v) is 6.45. The Balaban J connectivity index is 1.25. The molecule has 0 radical (unpaired) electrons. The second-order valence-electron chi connectivity index (χ2n) is 7.52. The number of likely N-dealkylation sites (tertiary alicyclic amines) is 1. The molecule has 0 saturated carbocycles. The molecule has 0 aliphatic carbocycles. The Morgan fingerprint density at radius 1 is 1.10 bits per heavy atom. The van der Waals surface area contributed by atoms with Crippen LogP contribution in [0.1, 0.15) is 25.3 Å². The quantitative estimate of drug-likeness (QED) is 0.602. The lowest BCUT2D eigenvalue weighted by Crippen LogP contribution is -2.44. The van der Waals surface area contributed by atoms with Crippen LogP contribution in [-0.4, -0.2) is 45.2 Å². The summed E-state index contributed by atoms with van der Waals surface area (Å²) in [5.74, 6) is 0.513. The second kappa shape index (κ2) is 9.46. The van der Waals surface area contributed by atoms with Gasteiger partial charge >= 0.3 is 0 Å². The standard InChI is InChI=1S/C23H28N4OS/c1-2-27-21-11-7-6-10-20(21)25-23(27)29-17-22(28)24-19-12-14-26(15-13-19)16-18-8-4-3-5-9-18/h3-11,19H,2,12-17H2,1H3,(H,24,28). The number of amides is 1. The van der Waals surface area contributed by atoms with Crippen LogP contribution >= 0.6 is 11.8 Å². The minimum atomic E-state index is 0.103. The molecule has 1 amide bonds. The van der Waals surface area contributed by atoms with Crippen molar-refractivity contribution in [2.24, 2.45) is 0 Å². The monoisotopic (exact) mass is 408 g/mol. The minimum Gasteiger partial charge on any atom is -0.353 e. The number of benzene rings is 2. The molecule has 29 heavy (non-hydrogen) atoms. The predicted molar refractivity (Wildman–Crippen MR) is 119 cm³/mol. The number of fused-ring (bicyclic) bond motifs is 1. The van der Waals surface area contributed by atoms with Gasteiger partial charge in [-0.3, -0.25) is 9.69 Å². The zero-order valence-electron chi connectivity index (χ0n) is 16.9. The van der Waals surface area contributed by atoms with Crippen molar-refractivity contribution in [1.82, 2.24) is 19.8 Å². The molecule has 2 aromatic carbocycles. The third kappa shape index (κ3) is 5.00. The van der Waals surface area contributed by atoms with Crippen molar-refractivity contribution < 1.29 is 4.79 Å². The number of nitrogens with zero attached hydrogens (tertiary/aromatic N) is 3. The highest BCUT2D eigenvalue weighted by atomic mass is 32.2. The maximum atomic E-state index is 12.5. The summed E-state index contributed by atoms with van der Waals surface area (Å²) in [6.07, 6.45) is 2.02. The van der Waals surface area contributed by atoms with Crippen LogP contribution in [0.5, 0.6) is 0 Å². The molecule has 0 unspecified atom stereocenters. The molecule has 4 rings (SSSR count). The fraction of sp³-hybridized carbons (Fsp3) is 0.391. The number of carbonyl (C=O) groups excluding carboxylic acids is 1. The van der Waals surface area contributed by atoms with Gasteiger partial charge in [-0.2, -0.15) is 0 Å². The molecule has 0 atom stereocenters. The first-order valence-electron chi connectivity index (χ1n) is 10.4. The van der Waals surface area contributed by atoms with E-state index in [2.05, 4.69) is 58.1 Å². The molecule has 5 nitrogen and oxygen atoms in total. The van der Waals surface area contributed by atoms with Crippen LogP contribution in [0.3, 0.4) is 0 Å². The van der Waals surface area contributed by atoms with E-state index in [1.807, 2.05) is 18.2 Å². The van der Waals surface area contributed by atoms with Gasteiger partial charge in [0, 0.05) is 32.2 Å². The Hall–Kier alpha value is -2.31. The fourth-order valence-electron chi connectivity index (χ4n) is 3.95. The summed E-state index contributed by atoms with van der Waals surface area (Å²) >= 11 is 1.53. The molecule has 1 N–H and O–H groups in total. The van der Waals surface area contributed by atoms with Gasteiger partial charge < -0.3 is 9.88 Å². The van der Waals surface area contributed by atoms with E-state index in [4.69, 9.17) is 4.98 Å². The van der Waals surface area contributed by atoms with Gasteiger partial charge in [0.05, 0.1) is 16.8 Å². The lowest BCUT2D eigenvalue weighted by molar-refractivity contribution is -0.119. The number of imidazole rings is 1. The highest BCUT2D eigenvalue weighted by molar-refractivity contribution is 7.99. The van der Waals surface area contributed by atoms with Crippen LogP contribution in [0.2, 0.25) is 0 Å². The Kier molecular flexibility index (Phi) is 6.52. The van der Waals surface area contributed by atoms with E-state index in [9.17, 15) is 4.79 Å². The summed E-state index contributed by atoms with van der Waals surface area (Å²) in [6.45, 7) is 6.01. The number of carbonyl (C=O) groups is 1. The average molecular weight is 409 g/mol. The van der Waals surface area contributed by atoms with Gasteiger partial charge in [-0.1, -0.05) is 54.2 Å². The number of rotatable bonds is 7. The van der Waals surface area contributed by atoms with Crippen molar-refractivity contribution >= 4 is 28.7 Å². The minimum absolute atomic E-state index is 0.103. The van der Waals surface area contributed by atoms with Gasteiger partial charge in [0.25, 0.3) is 0 Å². The topological polar surface area (TPSA) is 50.2 Å². The number of thioether (sulfide) groups is 1. The molecule has 0 bridgehead atoms. The molecule has 1 aromatic heterocycles. The van der Waals surface area contributed by atoms with Gasteiger partial charge in [0.2, 0.25) is 5.91 Å². The second-order valence-corrected chi connectivity index (χ2v) is 8.46. The van der Waals surface area contributed by atoms with Crippen LogP contribution < -0.4 is 5.32 Å². The van der Waals surface area contributed by atoms with Crippen molar-refractivity contribution in [3.63, 3.8) is 0 Å². The lowest BCUT2D eigenvalue weighted by Gasteiger charge is -2.32. The van der Waals surface area contributed by atoms with Crippen LogP contribution in [-0.2, 0) is 17.9 Å². The summed E-state index contributed by atoms with van der Waals surface area (Å²) in [7, 11) is 0. The summed E-state index contributed by atoms with van der Waals surface area (Å²) in [5.41, 5.74) is 3.47. The SMILES string of the molecule is CCn1c(SCC(=O)NC2CCN(Cc3ccccc3)CC2)nc2ccccc21. The smallest absolute Gasteiger partial charge is 0.230 e. The van der Waals surface area contributed by atoms with Crippen molar-refractivity contribution in [3.05, 3.63) is 60.2 Å². The molecule has 1 aliphatic rings. The number of aryl methyl sites for hydroxylation is 1. The third-order valence-electron chi connectivity index (χ3n) is 5.47. The first-order valence-corrected chi connectivity index (χ1v) is 11.3. The highest BCUT2D eigenvalue weighted by Crippen LogP contribution is 2.24. The van der Waals surface area contributed by atoms with Crippen molar-refractivity contribution in [3.8, 4) is 0 Å². The Morgan fingerprint density at radius 2 is 1.83 bits per heavy atom. The summed E-state index contributed by atoms with van der Waals surface area (Å²) in [6, 6.07) is 19.0. The lowest BCUT2D eigenvalue weighted by atomic mass is 10.0. The Labute approximate surface area is 176 Å². The van der Waals surface area contributed by atoms with Gasteiger partial charge in [0.1, 0.15) is 0 Å². The molecule has 152 valence electrons. The molecular weight excluding hydrogens is 380 g/mol. The van der Waals surface area contributed by atoms with Crippen LogP contribution in [0, 0.1) is 0 Å². The first-order chi connectivity index (χ1) is 14.2. The van der Waals surface area contributed by atoms with Gasteiger partial charge in [-0.15, -0.1) is 0 Å². The molecule has 1 aliphatic heterocycles. The molecule has 6 heteroatoms. The number of nitrogens with one attached hydrogen (secondary N) is 1. The first kappa shape index (κ1) is 20.0. The molecule has 2 heterocycles. The maximum Gasteiger partial charge on any atom is 0.230 e. The summed E-state index contributed by atoms with van der Waals surface area (Å²) < 4.78 is 2.18. The van der Waals surface area contributed by atoms with Crippen LogP contribution in [0.25, 0.3) is 11.0 Å². The van der Waals surface area contributed by atoms with E-state index in [0.29, 0.717) is 5.75 Å². The average Bonchev–Trinajstić information content (AvgIpc) is 3.12. The van der Waals surface area contributed by atoms with Gasteiger partial charge in [-0.05, 0) is 37.5 Å². The van der Waals surface area contributed by atoms with E-state index >= 15 is 0 Å². The zero-order chi connectivity index (χ0) is 20.1. The summed E-state index contributed by atoms with van der Waals surface area (Å²) in [5, 5.41) is 4.14. The molecule has 0 spiro atoms. The molecular formula is C23H28N4OS. The maximum absolute atomic E-state index is 12.5. The highest BCUT2D eigenvalue weighted by Gasteiger charge is 2.21. The van der Waals surface area contributed by atoms with E-state index < -0.39 is 0 Å². The van der Waals surface area contributed by atoms with E-state index in [-0.39, 0.29) is 11.9 Å². The predicted octanol–water partition coefficient (Wildman–Crippen LogP) is 3.93. The molecule has 1 fully saturated rings. The van der Waals surface area contributed by atoms with Crippen molar-refractivity contribution in [2.75, 3.05) is 18.8 Å². The van der Waals surface area contributed by atoms with Crippen LogP contribution in [0.4, 0.5) is 0 Å².